The minimum atomic E-state index is -0.886. The highest BCUT2D eigenvalue weighted by molar-refractivity contribution is 5.86. The van der Waals surface area contributed by atoms with Crippen LogP contribution in [0.25, 0.3) is 0 Å². The number of carboxylic acid groups (broad SMARTS) is 1. The molecule has 0 saturated carbocycles. The molecule has 0 radical (unpaired) electrons. The molecule has 0 spiro atoms. The molecular formula is C12H23N3O4. The molecule has 7 nitrogen and oxygen atoms in total. The Bertz CT molecular complexity index is 331. The van der Waals surface area contributed by atoms with Crippen molar-refractivity contribution in [1.82, 2.24) is 10.6 Å². The molecule has 0 aromatic heterocycles. The summed E-state index contributed by atoms with van der Waals surface area (Å²) in [5.41, 5.74) is 4.91. The van der Waals surface area contributed by atoms with E-state index < -0.39 is 18.0 Å². The second kappa shape index (κ2) is 8.34. The Morgan fingerprint density at radius 3 is 2.21 bits per heavy atom. The monoisotopic (exact) mass is 273 g/mol. The molecule has 1 unspecified atom stereocenters. The number of hydrogen-bond donors (Lipinski definition) is 4. The van der Waals surface area contributed by atoms with Crippen LogP contribution in [0.5, 0.6) is 0 Å². The molecule has 110 valence electrons. The Hall–Kier alpha value is -1.79. The van der Waals surface area contributed by atoms with Gasteiger partial charge in [-0.1, -0.05) is 13.8 Å². The summed E-state index contributed by atoms with van der Waals surface area (Å²) in [5.74, 6) is -1.04. The van der Waals surface area contributed by atoms with Crippen LogP contribution in [0.4, 0.5) is 4.79 Å². The van der Waals surface area contributed by atoms with Gasteiger partial charge in [0.2, 0.25) is 5.91 Å². The van der Waals surface area contributed by atoms with Gasteiger partial charge in [0.05, 0.1) is 0 Å². The second-order valence-corrected chi connectivity index (χ2v) is 5.07. The zero-order valence-electron chi connectivity index (χ0n) is 11.6. The van der Waals surface area contributed by atoms with Crippen LogP contribution in [0, 0.1) is 11.8 Å². The third kappa shape index (κ3) is 8.87. The SMILES string of the molecule is CC(C)C[C@H](CNC(=O)C(C)NC(N)=O)CC(=O)O. The van der Waals surface area contributed by atoms with Gasteiger partial charge in [-0.15, -0.1) is 0 Å². The van der Waals surface area contributed by atoms with Gasteiger partial charge in [0, 0.05) is 13.0 Å². The van der Waals surface area contributed by atoms with Gasteiger partial charge in [-0.3, -0.25) is 9.59 Å². The summed E-state index contributed by atoms with van der Waals surface area (Å²) >= 11 is 0. The third-order valence-corrected chi connectivity index (χ3v) is 2.59. The Morgan fingerprint density at radius 2 is 1.79 bits per heavy atom. The summed E-state index contributed by atoms with van der Waals surface area (Å²) in [5, 5.41) is 13.7. The summed E-state index contributed by atoms with van der Waals surface area (Å²) in [6.07, 6.45) is 0.723. The highest BCUT2D eigenvalue weighted by Crippen LogP contribution is 2.14. The van der Waals surface area contributed by atoms with E-state index >= 15 is 0 Å². The fraction of sp³-hybridized carbons (Fsp3) is 0.750. The largest absolute Gasteiger partial charge is 0.481 e. The molecule has 7 heteroatoms. The summed E-state index contributed by atoms with van der Waals surface area (Å²) in [6, 6.07) is -1.51. The number of carboxylic acids is 1. The van der Waals surface area contributed by atoms with Crippen LogP contribution in [-0.2, 0) is 9.59 Å². The molecule has 0 rings (SSSR count). The van der Waals surface area contributed by atoms with E-state index in [1.807, 2.05) is 13.8 Å². The Labute approximate surface area is 112 Å². The van der Waals surface area contributed by atoms with Gasteiger partial charge >= 0.3 is 12.0 Å². The van der Waals surface area contributed by atoms with Crippen LogP contribution >= 0.6 is 0 Å². The van der Waals surface area contributed by atoms with Crippen molar-refractivity contribution in [2.75, 3.05) is 6.54 Å². The quantitative estimate of drug-likeness (QED) is 0.508. The van der Waals surface area contributed by atoms with Crippen molar-refractivity contribution in [1.29, 1.82) is 0 Å². The number of amides is 3. The van der Waals surface area contributed by atoms with Crippen LogP contribution in [0.3, 0.4) is 0 Å². The third-order valence-electron chi connectivity index (χ3n) is 2.59. The molecule has 0 saturated heterocycles. The van der Waals surface area contributed by atoms with Gasteiger partial charge < -0.3 is 21.5 Å². The van der Waals surface area contributed by atoms with Gasteiger partial charge in [0.15, 0.2) is 0 Å². The first-order chi connectivity index (χ1) is 8.72. The van der Waals surface area contributed by atoms with E-state index in [-0.39, 0.29) is 24.8 Å². The molecule has 5 N–H and O–H groups in total. The van der Waals surface area contributed by atoms with Gasteiger partial charge in [-0.2, -0.15) is 0 Å². The van der Waals surface area contributed by atoms with Crippen LogP contribution in [-0.4, -0.2) is 35.6 Å². The first-order valence-corrected chi connectivity index (χ1v) is 6.27. The lowest BCUT2D eigenvalue weighted by molar-refractivity contribution is -0.138. The molecular weight excluding hydrogens is 250 g/mol. The number of carbonyl (C=O) groups is 3. The number of nitrogens with one attached hydrogen (secondary N) is 2. The number of carbonyl (C=O) groups excluding carboxylic acids is 2. The Balaban J connectivity index is 4.25. The fourth-order valence-electron chi connectivity index (χ4n) is 1.83. The number of nitrogens with two attached hydrogens (primary N) is 1. The standard InChI is InChI=1S/C12H23N3O4/c1-7(2)4-9(5-10(16)17)6-14-11(18)8(3)15-12(13)19/h7-9H,4-6H2,1-3H3,(H,14,18)(H,16,17)(H3,13,15,19)/t8?,9-/m0/s1. The number of rotatable bonds is 8. The van der Waals surface area contributed by atoms with Gasteiger partial charge in [-0.05, 0) is 25.2 Å². The molecule has 19 heavy (non-hydrogen) atoms. The topological polar surface area (TPSA) is 122 Å². The molecule has 2 atom stereocenters. The Morgan fingerprint density at radius 1 is 1.21 bits per heavy atom. The number of hydrogen-bond acceptors (Lipinski definition) is 3. The molecule has 0 aromatic rings. The molecule has 0 aliphatic heterocycles. The maximum atomic E-state index is 11.6. The molecule has 0 aliphatic rings. The zero-order valence-corrected chi connectivity index (χ0v) is 11.6. The van der Waals surface area contributed by atoms with Crippen molar-refractivity contribution in [3.63, 3.8) is 0 Å². The van der Waals surface area contributed by atoms with Crippen molar-refractivity contribution in [3.8, 4) is 0 Å². The summed E-state index contributed by atoms with van der Waals surface area (Å²) < 4.78 is 0. The summed E-state index contributed by atoms with van der Waals surface area (Å²) in [7, 11) is 0. The lowest BCUT2D eigenvalue weighted by Crippen LogP contribution is -2.47. The van der Waals surface area contributed by atoms with Crippen LogP contribution in [0.1, 0.15) is 33.6 Å². The van der Waals surface area contributed by atoms with E-state index in [4.69, 9.17) is 10.8 Å². The van der Waals surface area contributed by atoms with Crippen molar-refractivity contribution in [3.05, 3.63) is 0 Å². The van der Waals surface area contributed by atoms with E-state index in [1.165, 1.54) is 6.92 Å². The van der Waals surface area contributed by atoms with E-state index in [9.17, 15) is 14.4 Å². The lowest BCUT2D eigenvalue weighted by Gasteiger charge is -2.19. The van der Waals surface area contributed by atoms with Gasteiger partial charge in [-0.25, -0.2) is 4.79 Å². The Kier molecular flexibility index (Phi) is 7.55. The van der Waals surface area contributed by atoms with Crippen LogP contribution in [0.15, 0.2) is 0 Å². The first-order valence-electron chi connectivity index (χ1n) is 6.27. The predicted octanol–water partition coefficient (Wildman–Crippen LogP) is 0.296. The smallest absolute Gasteiger partial charge is 0.312 e. The van der Waals surface area contributed by atoms with Crippen molar-refractivity contribution >= 4 is 17.9 Å². The van der Waals surface area contributed by atoms with Crippen LogP contribution in [0.2, 0.25) is 0 Å². The molecule has 0 bridgehead atoms. The van der Waals surface area contributed by atoms with E-state index in [0.717, 1.165) is 0 Å². The maximum Gasteiger partial charge on any atom is 0.312 e. The number of primary amides is 1. The number of urea groups is 1. The zero-order chi connectivity index (χ0) is 15.0. The normalized spacial score (nSPS) is 13.7. The molecule has 0 aliphatic carbocycles. The average Bonchev–Trinajstić information content (AvgIpc) is 2.22. The number of aliphatic carboxylic acids is 1. The summed E-state index contributed by atoms with van der Waals surface area (Å²) in [4.78, 5) is 33.0. The van der Waals surface area contributed by atoms with E-state index in [1.54, 1.807) is 0 Å². The predicted molar refractivity (Wildman–Crippen MR) is 70.4 cm³/mol. The molecule has 0 fully saturated rings. The molecule has 3 amide bonds. The van der Waals surface area contributed by atoms with E-state index in [0.29, 0.717) is 12.3 Å². The van der Waals surface area contributed by atoms with Crippen molar-refractivity contribution in [2.24, 2.45) is 17.6 Å². The van der Waals surface area contributed by atoms with Crippen molar-refractivity contribution < 1.29 is 19.5 Å². The average molecular weight is 273 g/mol. The van der Waals surface area contributed by atoms with Crippen LogP contribution < -0.4 is 16.4 Å². The summed E-state index contributed by atoms with van der Waals surface area (Å²) in [6.45, 7) is 5.77. The fourth-order valence-corrected chi connectivity index (χ4v) is 1.83. The van der Waals surface area contributed by atoms with Crippen molar-refractivity contribution in [2.45, 2.75) is 39.7 Å². The molecule has 0 aromatic carbocycles. The van der Waals surface area contributed by atoms with E-state index in [2.05, 4.69) is 10.6 Å². The van der Waals surface area contributed by atoms with Gasteiger partial charge in [0.1, 0.15) is 6.04 Å². The first kappa shape index (κ1) is 17.2. The highest BCUT2D eigenvalue weighted by atomic mass is 16.4. The molecule has 0 heterocycles. The highest BCUT2D eigenvalue weighted by Gasteiger charge is 2.18. The second-order valence-electron chi connectivity index (χ2n) is 5.07. The minimum absolute atomic E-state index is 0.0100. The lowest BCUT2D eigenvalue weighted by atomic mass is 9.94. The minimum Gasteiger partial charge on any atom is -0.481 e. The maximum absolute atomic E-state index is 11.6. The van der Waals surface area contributed by atoms with Gasteiger partial charge in [0.25, 0.3) is 0 Å².